The normalized spacial score (nSPS) is 14.3. The summed E-state index contributed by atoms with van der Waals surface area (Å²) < 4.78 is 22.1. The fourth-order valence-electron chi connectivity index (χ4n) is 3.92. The number of rotatable bonds is 7. The molecule has 0 spiro atoms. The van der Waals surface area contributed by atoms with E-state index in [-0.39, 0.29) is 5.43 Å². The van der Waals surface area contributed by atoms with Crippen LogP contribution in [0, 0.1) is 0 Å². The summed E-state index contributed by atoms with van der Waals surface area (Å²) in [5, 5.41) is 2.87. The molecule has 0 saturated carbocycles. The number of aryl methyl sites for hydroxylation is 1. The molecule has 0 saturated heterocycles. The Balaban J connectivity index is 2.35. The predicted octanol–water partition coefficient (Wildman–Crippen LogP) is 4.36. The Morgan fingerprint density at radius 3 is 2.59 bits per heavy atom. The molecule has 8 heteroatoms. The molecular weight excluding hydrogens is 430 g/mol. The lowest BCUT2D eigenvalue weighted by atomic mass is 9.95. The lowest BCUT2D eigenvalue weighted by Gasteiger charge is -2.20. The molecule has 7 nitrogen and oxygen atoms in total. The van der Waals surface area contributed by atoms with Crippen molar-refractivity contribution in [3.05, 3.63) is 58.3 Å². The van der Waals surface area contributed by atoms with Crippen molar-refractivity contribution in [2.45, 2.75) is 23.8 Å². The van der Waals surface area contributed by atoms with E-state index in [1.165, 1.54) is 18.9 Å². The maximum atomic E-state index is 12.8. The van der Waals surface area contributed by atoms with Crippen molar-refractivity contribution in [2.24, 2.45) is 0 Å². The van der Waals surface area contributed by atoms with Gasteiger partial charge in [0.1, 0.15) is 6.61 Å². The first-order chi connectivity index (χ1) is 15.5. The molecule has 1 atom stereocenters. The number of amides is 1. The molecule has 2 aromatic rings. The van der Waals surface area contributed by atoms with Gasteiger partial charge in [0.15, 0.2) is 16.9 Å². The van der Waals surface area contributed by atoms with Crippen LogP contribution in [0.3, 0.4) is 0 Å². The summed E-state index contributed by atoms with van der Waals surface area (Å²) in [6, 6.07) is 6.78. The van der Waals surface area contributed by atoms with Gasteiger partial charge in [-0.25, -0.2) is 4.79 Å². The zero-order chi connectivity index (χ0) is 23.3. The molecule has 1 N–H and O–H groups in total. The van der Waals surface area contributed by atoms with Gasteiger partial charge in [0, 0.05) is 5.56 Å². The molecule has 170 valence electrons. The third kappa shape index (κ3) is 4.55. The van der Waals surface area contributed by atoms with E-state index >= 15 is 0 Å². The zero-order valence-electron chi connectivity index (χ0n) is 18.7. The number of fused-ring (bicyclic) bond motifs is 3. The fourth-order valence-corrected chi connectivity index (χ4v) is 4.39. The molecule has 0 heterocycles. The van der Waals surface area contributed by atoms with Crippen LogP contribution in [0.1, 0.15) is 23.6 Å². The summed E-state index contributed by atoms with van der Waals surface area (Å²) in [5.74, 6) is 1.50. The molecular formula is C24H27NO6S. The van der Waals surface area contributed by atoms with Gasteiger partial charge in [0.25, 0.3) is 0 Å². The number of benzene rings is 1. The zero-order valence-corrected chi connectivity index (χ0v) is 19.5. The van der Waals surface area contributed by atoms with Crippen molar-refractivity contribution >= 4 is 17.9 Å². The van der Waals surface area contributed by atoms with Gasteiger partial charge in [0.05, 0.1) is 32.3 Å². The third-order valence-electron chi connectivity index (χ3n) is 5.33. The van der Waals surface area contributed by atoms with Crippen LogP contribution in [0.5, 0.6) is 17.2 Å². The van der Waals surface area contributed by atoms with Crippen molar-refractivity contribution in [3.8, 4) is 28.4 Å². The largest absolute Gasteiger partial charge is 0.492 e. The second-order valence-corrected chi connectivity index (χ2v) is 7.93. The number of carbonyl (C=O) groups excluding carboxylic acids is 1. The van der Waals surface area contributed by atoms with E-state index in [4.69, 9.17) is 18.9 Å². The van der Waals surface area contributed by atoms with Crippen LogP contribution in [0.2, 0.25) is 0 Å². The van der Waals surface area contributed by atoms with Gasteiger partial charge in [-0.1, -0.05) is 18.7 Å². The SMILES string of the molecule is C=CCOc1cc2c(c(OC)c1OC)-c1ccc(SC)c(=O)cc1C(NC(=O)OC)CC2. The molecule has 1 amide bonds. The first kappa shape index (κ1) is 23.5. The number of alkyl carbamates (subject to hydrolysis) is 1. The number of carbonyl (C=O) groups is 1. The van der Waals surface area contributed by atoms with E-state index < -0.39 is 12.1 Å². The van der Waals surface area contributed by atoms with Crippen molar-refractivity contribution in [2.75, 3.05) is 34.2 Å². The van der Waals surface area contributed by atoms with E-state index in [1.807, 2.05) is 18.4 Å². The van der Waals surface area contributed by atoms with Crippen LogP contribution in [-0.4, -0.2) is 40.3 Å². The second-order valence-electron chi connectivity index (χ2n) is 7.08. The summed E-state index contributed by atoms with van der Waals surface area (Å²) in [6.07, 6.45) is 4.12. The minimum Gasteiger partial charge on any atom is -0.492 e. The average molecular weight is 458 g/mol. The van der Waals surface area contributed by atoms with Crippen molar-refractivity contribution in [3.63, 3.8) is 0 Å². The molecule has 2 aromatic carbocycles. The Labute approximate surface area is 191 Å². The van der Waals surface area contributed by atoms with Crippen LogP contribution in [0.25, 0.3) is 11.1 Å². The smallest absolute Gasteiger partial charge is 0.407 e. The van der Waals surface area contributed by atoms with Crippen LogP contribution in [-0.2, 0) is 11.2 Å². The van der Waals surface area contributed by atoms with E-state index in [1.54, 1.807) is 32.4 Å². The first-order valence-corrected chi connectivity index (χ1v) is 11.3. The lowest BCUT2D eigenvalue weighted by Crippen LogP contribution is -2.28. The molecule has 0 aromatic heterocycles. The first-order valence-electron chi connectivity index (χ1n) is 10.1. The van der Waals surface area contributed by atoms with Gasteiger partial charge in [-0.15, -0.1) is 11.8 Å². The molecule has 0 aliphatic heterocycles. The van der Waals surface area contributed by atoms with E-state index in [2.05, 4.69) is 11.9 Å². The summed E-state index contributed by atoms with van der Waals surface area (Å²) >= 11 is 1.37. The maximum absolute atomic E-state index is 12.8. The number of nitrogens with one attached hydrogen (secondary N) is 1. The third-order valence-corrected chi connectivity index (χ3v) is 6.11. The molecule has 3 rings (SSSR count). The Morgan fingerprint density at radius 1 is 1.22 bits per heavy atom. The van der Waals surface area contributed by atoms with E-state index in [0.29, 0.717) is 47.2 Å². The molecule has 1 aliphatic carbocycles. The van der Waals surface area contributed by atoms with Gasteiger partial charge in [-0.3, -0.25) is 4.79 Å². The maximum Gasteiger partial charge on any atom is 0.407 e. The monoisotopic (exact) mass is 457 g/mol. The molecule has 1 aliphatic rings. The van der Waals surface area contributed by atoms with Gasteiger partial charge in [-0.2, -0.15) is 0 Å². The molecule has 0 radical (unpaired) electrons. The highest BCUT2D eigenvalue weighted by Gasteiger charge is 2.30. The van der Waals surface area contributed by atoms with Gasteiger partial charge in [-0.05, 0) is 54.0 Å². The van der Waals surface area contributed by atoms with Crippen LogP contribution in [0.4, 0.5) is 4.79 Å². The van der Waals surface area contributed by atoms with Crippen LogP contribution in [0.15, 0.2) is 46.6 Å². The van der Waals surface area contributed by atoms with Crippen molar-refractivity contribution in [1.29, 1.82) is 0 Å². The lowest BCUT2D eigenvalue weighted by molar-refractivity contribution is 0.166. The van der Waals surface area contributed by atoms with Gasteiger partial charge in [0.2, 0.25) is 5.75 Å². The number of thioether (sulfide) groups is 1. The Morgan fingerprint density at radius 2 is 1.97 bits per heavy atom. The van der Waals surface area contributed by atoms with Crippen molar-refractivity contribution < 1.29 is 23.7 Å². The minimum absolute atomic E-state index is 0.115. The van der Waals surface area contributed by atoms with Gasteiger partial charge >= 0.3 is 6.09 Å². The Bertz CT molecular complexity index is 1080. The predicted molar refractivity (Wildman–Crippen MR) is 125 cm³/mol. The standard InChI is InChI=1S/C24H27NO6S/c1-6-11-31-19-12-14-7-9-17(25-24(27)30-4)16-13-18(26)20(32-5)10-8-15(16)21(14)23(29-3)22(19)28-2/h6,8,10,12-13,17H,1,7,9,11H2,2-5H3,(H,25,27). The second kappa shape index (κ2) is 10.5. The number of ether oxygens (including phenoxy) is 4. The fraction of sp³-hybridized carbons (Fsp3) is 0.333. The molecule has 1 unspecified atom stereocenters. The van der Waals surface area contributed by atoms with Crippen molar-refractivity contribution in [1.82, 2.24) is 5.32 Å². The summed E-state index contributed by atoms with van der Waals surface area (Å²) in [5.41, 5.74) is 3.13. The number of hydrogen-bond acceptors (Lipinski definition) is 7. The highest BCUT2D eigenvalue weighted by Crippen LogP contribution is 2.50. The summed E-state index contributed by atoms with van der Waals surface area (Å²) in [7, 11) is 4.44. The minimum atomic E-state index is -0.560. The van der Waals surface area contributed by atoms with Crippen LogP contribution >= 0.6 is 11.8 Å². The van der Waals surface area contributed by atoms with Crippen LogP contribution < -0.4 is 25.0 Å². The summed E-state index contributed by atoms with van der Waals surface area (Å²) in [6.45, 7) is 4.01. The topological polar surface area (TPSA) is 83.1 Å². The molecule has 32 heavy (non-hydrogen) atoms. The average Bonchev–Trinajstić information content (AvgIpc) is 3.05. The number of hydrogen-bond donors (Lipinski definition) is 1. The Kier molecular flexibility index (Phi) is 7.69. The van der Waals surface area contributed by atoms with E-state index in [9.17, 15) is 9.59 Å². The highest BCUT2D eigenvalue weighted by atomic mass is 32.2. The van der Waals surface area contributed by atoms with Gasteiger partial charge < -0.3 is 24.3 Å². The van der Waals surface area contributed by atoms with E-state index in [0.717, 1.165) is 16.7 Å². The Hall–Kier alpha value is -3.13. The quantitative estimate of drug-likeness (QED) is 0.489. The molecule has 0 bridgehead atoms. The highest BCUT2D eigenvalue weighted by molar-refractivity contribution is 7.98. The number of methoxy groups -OCH3 is 3. The summed E-state index contributed by atoms with van der Waals surface area (Å²) in [4.78, 5) is 25.5. The molecule has 0 fully saturated rings.